The molecule has 4 N–H and O–H groups in total. The van der Waals surface area contributed by atoms with E-state index in [0.717, 1.165) is 11.3 Å². The number of anilines is 1. The van der Waals surface area contributed by atoms with Crippen LogP contribution in [0.2, 0.25) is 5.02 Å². The Morgan fingerprint density at radius 1 is 1.50 bits per heavy atom. The van der Waals surface area contributed by atoms with Gasteiger partial charge < -0.3 is 16.0 Å². The number of amides is 1. The van der Waals surface area contributed by atoms with Crippen LogP contribution in [0.3, 0.4) is 0 Å². The van der Waals surface area contributed by atoms with Crippen LogP contribution in [-0.2, 0) is 6.54 Å². The Labute approximate surface area is 112 Å². The number of nitrogen functional groups attached to an aromatic ring is 1. The number of thiazole rings is 1. The first-order valence-corrected chi connectivity index (χ1v) is 6.32. The standard InChI is InChI=1S/C11H10ClN3O2S/c12-9-2-1-6(13)3-8(9)10(16)14-4-7-5-18-11(17)15-7/h1-3,5H,4,13H2,(H,14,16)(H,15,17). The van der Waals surface area contributed by atoms with E-state index in [1.807, 2.05) is 0 Å². The Kier molecular flexibility index (Phi) is 3.69. The summed E-state index contributed by atoms with van der Waals surface area (Å²) in [6.07, 6.45) is 0. The van der Waals surface area contributed by atoms with Gasteiger partial charge in [0.2, 0.25) is 0 Å². The molecule has 94 valence electrons. The van der Waals surface area contributed by atoms with Crippen molar-refractivity contribution < 1.29 is 4.79 Å². The average Bonchev–Trinajstić information content (AvgIpc) is 2.75. The normalized spacial score (nSPS) is 10.3. The van der Waals surface area contributed by atoms with Gasteiger partial charge in [-0.15, -0.1) is 0 Å². The van der Waals surface area contributed by atoms with Gasteiger partial charge >= 0.3 is 4.87 Å². The van der Waals surface area contributed by atoms with Crippen molar-refractivity contribution in [2.45, 2.75) is 6.54 Å². The highest BCUT2D eigenvalue weighted by molar-refractivity contribution is 7.07. The van der Waals surface area contributed by atoms with Gasteiger partial charge in [0.1, 0.15) is 0 Å². The molecule has 1 aromatic carbocycles. The van der Waals surface area contributed by atoms with Crippen molar-refractivity contribution in [3.8, 4) is 0 Å². The first-order valence-electron chi connectivity index (χ1n) is 5.06. The van der Waals surface area contributed by atoms with Gasteiger partial charge in [-0.3, -0.25) is 9.59 Å². The zero-order valence-electron chi connectivity index (χ0n) is 9.20. The summed E-state index contributed by atoms with van der Waals surface area (Å²) in [5.41, 5.74) is 7.02. The minimum atomic E-state index is -0.334. The van der Waals surface area contributed by atoms with E-state index < -0.39 is 0 Å². The van der Waals surface area contributed by atoms with Crippen LogP contribution < -0.4 is 15.9 Å². The Morgan fingerprint density at radius 2 is 2.28 bits per heavy atom. The summed E-state index contributed by atoms with van der Waals surface area (Å²) in [7, 11) is 0. The summed E-state index contributed by atoms with van der Waals surface area (Å²) in [5.74, 6) is -0.334. The Morgan fingerprint density at radius 3 is 2.94 bits per heavy atom. The van der Waals surface area contributed by atoms with Crippen molar-refractivity contribution in [1.82, 2.24) is 10.3 Å². The molecule has 0 bridgehead atoms. The number of aromatic amines is 1. The second-order valence-corrected chi connectivity index (χ2v) is 4.84. The third kappa shape index (κ3) is 2.91. The Bertz CT molecular complexity index is 635. The van der Waals surface area contributed by atoms with Gasteiger partial charge in [-0.05, 0) is 18.2 Å². The van der Waals surface area contributed by atoms with E-state index in [-0.39, 0.29) is 17.3 Å². The molecule has 0 spiro atoms. The van der Waals surface area contributed by atoms with Crippen LogP contribution in [-0.4, -0.2) is 10.9 Å². The summed E-state index contributed by atoms with van der Waals surface area (Å²) in [6, 6.07) is 4.70. The van der Waals surface area contributed by atoms with Crippen molar-refractivity contribution in [3.05, 3.63) is 49.5 Å². The molecule has 1 aromatic heterocycles. The zero-order chi connectivity index (χ0) is 13.1. The number of carbonyl (C=O) groups excluding carboxylic acids is 1. The van der Waals surface area contributed by atoms with Crippen LogP contribution in [0.5, 0.6) is 0 Å². The van der Waals surface area contributed by atoms with E-state index in [0.29, 0.717) is 22.0 Å². The van der Waals surface area contributed by atoms with Crippen LogP contribution in [0.1, 0.15) is 16.1 Å². The molecule has 5 nitrogen and oxygen atoms in total. The molecule has 0 unspecified atom stereocenters. The van der Waals surface area contributed by atoms with E-state index in [1.165, 1.54) is 6.07 Å². The molecule has 0 aliphatic heterocycles. The molecule has 2 rings (SSSR count). The Hall–Kier alpha value is -1.79. The van der Waals surface area contributed by atoms with Crippen LogP contribution in [0.15, 0.2) is 28.4 Å². The molecule has 0 radical (unpaired) electrons. The highest BCUT2D eigenvalue weighted by Crippen LogP contribution is 2.18. The van der Waals surface area contributed by atoms with Crippen LogP contribution in [0, 0.1) is 0 Å². The maximum atomic E-state index is 11.9. The SMILES string of the molecule is Nc1ccc(Cl)c(C(=O)NCc2csc(=O)[nH]2)c1. The number of carbonyl (C=O) groups is 1. The quantitative estimate of drug-likeness (QED) is 0.748. The zero-order valence-corrected chi connectivity index (χ0v) is 10.8. The van der Waals surface area contributed by atoms with Gasteiger partial charge in [-0.1, -0.05) is 22.9 Å². The minimum Gasteiger partial charge on any atom is -0.399 e. The molecule has 2 aromatic rings. The first kappa shape index (κ1) is 12.7. The lowest BCUT2D eigenvalue weighted by atomic mass is 10.2. The molecular weight excluding hydrogens is 274 g/mol. The molecule has 0 atom stereocenters. The van der Waals surface area contributed by atoms with Crippen LogP contribution in [0.25, 0.3) is 0 Å². The summed E-state index contributed by atoms with van der Waals surface area (Å²) >= 11 is 6.95. The van der Waals surface area contributed by atoms with E-state index in [4.69, 9.17) is 17.3 Å². The van der Waals surface area contributed by atoms with Gasteiger partial charge in [0.15, 0.2) is 0 Å². The lowest BCUT2D eigenvalue weighted by Gasteiger charge is -2.06. The number of nitrogens with two attached hydrogens (primary N) is 1. The van der Waals surface area contributed by atoms with Crippen LogP contribution >= 0.6 is 22.9 Å². The van der Waals surface area contributed by atoms with Crippen molar-refractivity contribution >= 4 is 34.5 Å². The molecule has 18 heavy (non-hydrogen) atoms. The van der Waals surface area contributed by atoms with Crippen molar-refractivity contribution in [2.75, 3.05) is 5.73 Å². The first-order chi connectivity index (χ1) is 8.56. The predicted molar refractivity (Wildman–Crippen MR) is 72.0 cm³/mol. The van der Waals surface area contributed by atoms with Gasteiger partial charge in [-0.25, -0.2) is 0 Å². The van der Waals surface area contributed by atoms with Gasteiger partial charge in [-0.2, -0.15) is 0 Å². The lowest BCUT2D eigenvalue weighted by Crippen LogP contribution is -2.23. The monoisotopic (exact) mass is 283 g/mol. The molecule has 0 fully saturated rings. The summed E-state index contributed by atoms with van der Waals surface area (Å²) in [6.45, 7) is 0.239. The molecule has 0 saturated heterocycles. The number of nitrogens with one attached hydrogen (secondary N) is 2. The van der Waals surface area contributed by atoms with E-state index in [2.05, 4.69) is 10.3 Å². The molecule has 0 aliphatic carbocycles. The lowest BCUT2D eigenvalue weighted by molar-refractivity contribution is 0.0950. The molecule has 7 heteroatoms. The van der Waals surface area contributed by atoms with Gasteiger partial charge in [0.05, 0.1) is 17.1 Å². The highest BCUT2D eigenvalue weighted by Gasteiger charge is 2.10. The highest BCUT2D eigenvalue weighted by atomic mass is 35.5. The smallest absolute Gasteiger partial charge is 0.304 e. The predicted octanol–water partition coefficient (Wildman–Crippen LogP) is 1.60. The maximum Gasteiger partial charge on any atom is 0.304 e. The van der Waals surface area contributed by atoms with Gasteiger partial charge in [0, 0.05) is 16.8 Å². The molecule has 1 amide bonds. The van der Waals surface area contributed by atoms with Crippen LogP contribution in [0.4, 0.5) is 5.69 Å². The largest absolute Gasteiger partial charge is 0.399 e. The van der Waals surface area contributed by atoms with E-state index >= 15 is 0 Å². The Balaban J connectivity index is 2.08. The average molecular weight is 284 g/mol. The number of H-pyrrole nitrogens is 1. The fourth-order valence-corrected chi connectivity index (χ4v) is 2.17. The maximum absolute atomic E-state index is 11.9. The van der Waals surface area contributed by atoms with Gasteiger partial charge in [0.25, 0.3) is 5.91 Å². The number of halogens is 1. The second kappa shape index (κ2) is 5.24. The number of aromatic nitrogens is 1. The molecule has 1 heterocycles. The third-order valence-electron chi connectivity index (χ3n) is 2.25. The molecule has 0 aliphatic rings. The summed E-state index contributed by atoms with van der Waals surface area (Å²) < 4.78 is 0. The van der Waals surface area contributed by atoms with Crippen molar-refractivity contribution in [3.63, 3.8) is 0 Å². The second-order valence-electron chi connectivity index (χ2n) is 3.60. The van der Waals surface area contributed by atoms with E-state index in [9.17, 15) is 9.59 Å². The van der Waals surface area contributed by atoms with Crippen molar-refractivity contribution in [1.29, 1.82) is 0 Å². The van der Waals surface area contributed by atoms with Crippen molar-refractivity contribution in [2.24, 2.45) is 0 Å². The fourth-order valence-electron chi connectivity index (χ4n) is 1.39. The van der Waals surface area contributed by atoms with E-state index in [1.54, 1.807) is 17.5 Å². The third-order valence-corrected chi connectivity index (χ3v) is 3.29. The number of hydrogen-bond donors (Lipinski definition) is 3. The molecular formula is C11H10ClN3O2S. The summed E-state index contributed by atoms with van der Waals surface area (Å²) in [5, 5.41) is 4.64. The molecule has 0 saturated carbocycles. The minimum absolute atomic E-state index is 0.152. The number of benzene rings is 1. The number of hydrogen-bond acceptors (Lipinski definition) is 4. The number of rotatable bonds is 3. The summed E-state index contributed by atoms with van der Waals surface area (Å²) in [4.78, 5) is 25.2. The topological polar surface area (TPSA) is 88.0 Å². The fraction of sp³-hybridized carbons (Fsp3) is 0.0909.